The van der Waals surface area contributed by atoms with E-state index in [1.165, 1.54) is 0 Å². The van der Waals surface area contributed by atoms with Gasteiger partial charge in [-0.25, -0.2) is 13.1 Å². The van der Waals surface area contributed by atoms with Crippen molar-refractivity contribution in [2.24, 2.45) is 0 Å². The Labute approximate surface area is 142 Å². The molecule has 2 N–H and O–H groups in total. The minimum atomic E-state index is -3.56. The van der Waals surface area contributed by atoms with Crippen molar-refractivity contribution in [3.8, 4) is 0 Å². The van der Waals surface area contributed by atoms with E-state index in [4.69, 9.17) is 0 Å². The number of nitrogens with one attached hydrogen (secondary N) is 2. The van der Waals surface area contributed by atoms with Crippen molar-refractivity contribution in [1.29, 1.82) is 0 Å². The summed E-state index contributed by atoms with van der Waals surface area (Å²) in [7, 11) is -3.56. The van der Waals surface area contributed by atoms with Crippen molar-refractivity contribution in [2.45, 2.75) is 25.6 Å². The van der Waals surface area contributed by atoms with E-state index in [1.807, 2.05) is 25.1 Å². The van der Waals surface area contributed by atoms with Crippen LogP contribution in [0.2, 0.25) is 0 Å². The number of pyridine rings is 1. The molecule has 2 aromatic rings. The van der Waals surface area contributed by atoms with E-state index in [1.54, 1.807) is 30.5 Å². The first kappa shape index (κ1) is 18.1. The molecule has 0 saturated heterocycles. The number of amides is 1. The van der Waals surface area contributed by atoms with Crippen LogP contribution in [-0.2, 0) is 33.5 Å². The molecule has 24 heavy (non-hydrogen) atoms. The minimum Gasteiger partial charge on any atom is -0.349 e. The number of hydrogen-bond acceptors (Lipinski definition) is 4. The van der Waals surface area contributed by atoms with E-state index in [0.29, 0.717) is 11.3 Å². The topological polar surface area (TPSA) is 88.2 Å². The number of hydrogen-bond donors (Lipinski definition) is 2. The zero-order valence-electron chi connectivity index (χ0n) is 13.5. The maximum atomic E-state index is 12.0. The molecule has 0 aliphatic rings. The monoisotopic (exact) mass is 347 g/mol. The van der Waals surface area contributed by atoms with Gasteiger partial charge in [-0.3, -0.25) is 9.78 Å². The average molecular weight is 347 g/mol. The Morgan fingerprint density at radius 1 is 1.08 bits per heavy atom. The Morgan fingerprint density at radius 3 is 2.42 bits per heavy atom. The van der Waals surface area contributed by atoms with Crippen LogP contribution in [0.5, 0.6) is 0 Å². The molecular formula is C17H21N3O3S. The lowest BCUT2D eigenvalue weighted by Gasteiger charge is -2.08. The summed E-state index contributed by atoms with van der Waals surface area (Å²) in [6, 6.07) is 12.8. The van der Waals surface area contributed by atoms with Gasteiger partial charge in [0.2, 0.25) is 15.9 Å². The summed E-state index contributed by atoms with van der Waals surface area (Å²) in [6.07, 6.45) is 2.54. The van der Waals surface area contributed by atoms with Gasteiger partial charge < -0.3 is 5.32 Å². The number of aryl methyl sites for hydroxylation is 1. The van der Waals surface area contributed by atoms with E-state index in [-0.39, 0.29) is 18.8 Å². The van der Waals surface area contributed by atoms with Gasteiger partial charge in [-0.15, -0.1) is 0 Å². The Bertz CT molecular complexity index is 759. The minimum absolute atomic E-state index is 0.148. The SMILES string of the molecule is CCc1ccc(CS(=O)(=O)NCC(=O)NCc2ccccn2)cc1. The summed E-state index contributed by atoms with van der Waals surface area (Å²) in [6.45, 7) is 2.01. The van der Waals surface area contributed by atoms with Gasteiger partial charge in [-0.05, 0) is 29.7 Å². The molecule has 0 atom stereocenters. The van der Waals surface area contributed by atoms with E-state index < -0.39 is 15.9 Å². The first-order chi connectivity index (χ1) is 11.5. The Kier molecular flexibility index (Phi) is 6.45. The van der Waals surface area contributed by atoms with Gasteiger partial charge in [0.1, 0.15) is 0 Å². The fourth-order valence-electron chi connectivity index (χ4n) is 2.07. The van der Waals surface area contributed by atoms with Crippen LogP contribution in [0.3, 0.4) is 0 Å². The molecule has 1 aromatic carbocycles. The number of nitrogens with zero attached hydrogens (tertiary/aromatic N) is 1. The van der Waals surface area contributed by atoms with Crippen LogP contribution in [0, 0.1) is 0 Å². The molecule has 0 fully saturated rings. The second-order valence-electron chi connectivity index (χ2n) is 5.35. The zero-order valence-corrected chi connectivity index (χ0v) is 14.3. The zero-order chi connectivity index (χ0) is 17.4. The van der Waals surface area contributed by atoms with E-state index >= 15 is 0 Å². The van der Waals surface area contributed by atoms with Gasteiger partial charge in [-0.1, -0.05) is 37.3 Å². The lowest BCUT2D eigenvalue weighted by atomic mass is 10.1. The summed E-state index contributed by atoms with van der Waals surface area (Å²) in [5.74, 6) is -0.546. The average Bonchev–Trinajstić information content (AvgIpc) is 2.59. The Balaban J connectivity index is 1.79. The number of carbonyl (C=O) groups excluding carboxylic acids is 1. The number of aromatic nitrogens is 1. The number of carbonyl (C=O) groups is 1. The number of benzene rings is 1. The van der Waals surface area contributed by atoms with Crippen molar-refractivity contribution >= 4 is 15.9 Å². The summed E-state index contributed by atoms with van der Waals surface area (Å²) in [5.41, 5.74) is 2.55. The van der Waals surface area contributed by atoms with Gasteiger partial charge in [0.05, 0.1) is 24.5 Å². The third-order valence-corrected chi connectivity index (χ3v) is 4.73. The molecule has 7 heteroatoms. The second-order valence-corrected chi connectivity index (χ2v) is 7.15. The molecule has 1 amide bonds. The Hall–Kier alpha value is -2.25. The molecule has 1 aromatic heterocycles. The smallest absolute Gasteiger partial charge is 0.235 e. The van der Waals surface area contributed by atoms with Crippen LogP contribution in [0.4, 0.5) is 0 Å². The van der Waals surface area contributed by atoms with Gasteiger partial charge in [-0.2, -0.15) is 0 Å². The van der Waals surface area contributed by atoms with Crippen molar-refractivity contribution < 1.29 is 13.2 Å². The van der Waals surface area contributed by atoms with Gasteiger partial charge >= 0.3 is 0 Å². The van der Waals surface area contributed by atoms with Gasteiger partial charge in [0.25, 0.3) is 0 Å². The highest BCUT2D eigenvalue weighted by molar-refractivity contribution is 7.88. The molecule has 0 bridgehead atoms. The maximum Gasteiger partial charge on any atom is 0.235 e. The quantitative estimate of drug-likeness (QED) is 0.755. The first-order valence-electron chi connectivity index (χ1n) is 7.70. The van der Waals surface area contributed by atoms with E-state index in [0.717, 1.165) is 12.0 Å². The molecule has 6 nitrogen and oxygen atoms in total. The van der Waals surface area contributed by atoms with Crippen LogP contribution >= 0.6 is 0 Å². The van der Waals surface area contributed by atoms with Crippen LogP contribution in [0.25, 0.3) is 0 Å². The first-order valence-corrected chi connectivity index (χ1v) is 9.35. The Morgan fingerprint density at radius 2 is 1.79 bits per heavy atom. The van der Waals surface area contributed by atoms with Crippen molar-refractivity contribution in [3.63, 3.8) is 0 Å². The second kappa shape index (κ2) is 8.56. The fourth-order valence-corrected chi connectivity index (χ4v) is 3.16. The third-order valence-electron chi connectivity index (χ3n) is 3.43. The largest absolute Gasteiger partial charge is 0.349 e. The highest BCUT2D eigenvalue weighted by Gasteiger charge is 2.13. The van der Waals surface area contributed by atoms with Crippen molar-refractivity contribution in [1.82, 2.24) is 15.0 Å². The molecule has 0 spiro atoms. The highest BCUT2D eigenvalue weighted by Crippen LogP contribution is 2.08. The maximum absolute atomic E-state index is 12.0. The summed E-state index contributed by atoms with van der Waals surface area (Å²) in [5, 5.41) is 2.62. The van der Waals surface area contributed by atoms with Crippen molar-refractivity contribution in [3.05, 3.63) is 65.5 Å². The van der Waals surface area contributed by atoms with E-state index in [2.05, 4.69) is 15.0 Å². The normalized spacial score (nSPS) is 11.2. The number of rotatable bonds is 8. The molecule has 128 valence electrons. The molecule has 0 unspecified atom stereocenters. The predicted molar refractivity (Wildman–Crippen MR) is 92.5 cm³/mol. The summed E-state index contributed by atoms with van der Waals surface area (Å²) >= 11 is 0. The predicted octanol–water partition coefficient (Wildman–Crippen LogP) is 1.38. The molecular weight excluding hydrogens is 326 g/mol. The molecule has 0 aliphatic heterocycles. The van der Waals surface area contributed by atoms with E-state index in [9.17, 15) is 13.2 Å². The summed E-state index contributed by atoms with van der Waals surface area (Å²) in [4.78, 5) is 15.8. The van der Waals surface area contributed by atoms with Crippen LogP contribution < -0.4 is 10.0 Å². The molecule has 0 aliphatic carbocycles. The van der Waals surface area contributed by atoms with Crippen LogP contribution in [0.15, 0.2) is 48.7 Å². The molecule has 0 radical (unpaired) electrons. The van der Waals surface area contributed by atoms with Crippen LogP contribution in [0.1, 0.15) is 23.7 Å². The third kappa shape index (κ3) is 6.10. The lowest BCUT2D eigenvalue weighted by molar-refractivity contribution is -0.120. The van der Waals surface area contributed by atoms with Gasteiger partial charge in [0, 0.05) is 6.20 Å². The lowest BCUT2D eigenvalue weighted by Crippen LogP contribution is -2.37. The molecule has 1 heterocycles. The van der Waals surface area contributed by atoms with Crippen molar-refractivity contribution in [2.75, 3.05) is 6.54 Å². The van der Waals surface area contributed by atoms with Crippen LogP contribution in [-0.4, -0.2) is 25.9 Å². The molecule has 2 rings (SSSR count). The standard InChI is InChI=1S/C17H21N3O3S/c1-2-14-6-8-15(9-7-14)13-24(22,23)20-12-17(21)19-11-16-5-3-4-10-18-16/h3-10,20H,2,11-13H2,1H3,(H,19,21). The van der Waals surface area contributed by atoms with Gasteiger partial charge in [0.15, 0.2) is 0 Å². The highest BCUT2D eigenvalue weighted by atomic mass is 32.2. The fraction of sp³-hybridized carbons (Fsp3) is 0.294. The number of sulfonamides is 1. The summed E-state index contributed by atoms with van der Waals surface area (Å²) < 4.78 is 26.4. The molecule has 0 saturated carbocycles.